The van der Waals surface area contributed by atoms with Crippen LogP contribution in [-0.4, -0.2) is 132 Å². The predicted molar refractivity (Wildman–Crippen MR) is 472 cm³/mol. The third-order valence-corrected chi connectivity index (χ3v) is 21.7. The van der Waals surface area contributed by atoms with Gasteiger partial charge < -0.3 is 94.8 Å². The van der Waals surface area contributed by atoms with Crippen LogP contribution in [0.25, 0.3) is 44.7 Å². The molecule has 31 nitrogen and oxygen atoms in total. The van der Waals surface area contributed by atoms with Gasteiger partial charge in [-0.1, -0.05) is 83.1 Å². The van der Waals surface area contributed by atoms with Crippen LogP contribution in [0.5, 0.6) is 0 Å². The maximum atomic E-state index is 11.5. The monoisotopic (exact) mass is 1580 g/mol. The largest absolute Gasteiger partial charge is 0.399 e. The topological polar surface area (TPSA) is 430 Å². The molecule has 19 N–H and O–H groups in total. The van der Waals surface area contributed by atoms with Crippen molar-refractivity contribution in [1.29, 1.82) is 0 Å². The number of amides is 1. The molecule has 0 saturated heterocycles. The fraction of sp³-hybridized carbons (Fsp3) is 0.471. The molecule has 8 atom stereocenters. The first-order valence-electron chi connectivity index (χ1n) is 41.0. The van der Waals surface area contributed by atoms with Gasteiger partial charge in [-0.2, -0.15) is 39.9 Å². The van der Waals surface area contributed by atoms with Crippen molar-refractivity contribution in [3.63, 3.8) is 0 Å². The first-order valence-corrected chi connectivity index (χ1v) is 41.0. The van der Waals surface area contributed by atoms with E-state index >= 15 is 0 Å². The Hall–Kier alpha value is -11.4. The highest BCUT2D eigenvalue weighted by molar-refractivity contribution is 5.92. The van der Waals surface area contributed by atoms with E-state index in [4.69, 9.17) is 68.5 Å². The molecule has 616 valence electrons. The number of carbonyl (C=O) groups excluding carboxylic acids is 1. The highest BCUT2D eigenvalue weighted by atomic mass is 16.1. The maximum Gasteiger partial charge on any atom is 0.227 e. The molecular weight excluding hydrogens is 1460 g/mol. The van der Waals surface area contributed by atoms with E-state index in [0.717, 1.165) is 156 Å². The van der Waals surface area contributed by atoms with E-state index in [1.54, 1.807) is 6.33 Å². The lowest BCUT2D eigenvalue weighted by Crippen LogP contribution is -2.43. The zero-order valence-electron chi connectivity index (χ0n) is 68.3. The Balaban J connectivity index is 0.000000142. The number of carbonyl (C=O) groups is 1. The smallest absolute Gasteiger partial charge is 0.227 e. The number of aryl methyl sites for hydroxylation is 6. The molecule has 8 heterocycles. The van der Waals surface area contributed by atoms with Crippen molar-refractivity contribution >= 4 is 132 Å². The highest BCUT2D eigenvalue weighted by Crippen LogP contribution is 2.35. The van der Waals surface area contributed by atoms with Gasteiger partial charge in [-0.3, -0.25) is 4.79 Å². The molecule has 0 unspecified atom stereocenters. The number of anilines is 14. The minimum atomic E-state index is -0.114. The van der Waals surface area contributed by atoms with Gasteiger partial charge in [0.2, 0.25) is 29.7 Å². The second-order valence-electron chi connectivity index (χ2n) is 31.8. The van der Waals surface area contributed by atoms with Crippen LogP contribution < -0.4 is 76.5 Å². The molecule has 1 amide bonds. The number of imidazole rings is 4. The van der Waals surface area contributed by atoms with Crippen LogP contribution in [0.3, 0.4) is 0 Å². The zero-order chi connectivity index (χ0) is 81.0. The first kappa shape index (κ1) is 84.0. The number of nitrogens with two attached hydrogens (primary N) is 5. The molecule has 4 aliphatic carbocycles. The van der Waals surface area contributed by atoms with E-state index in [-0.39, 0.29) is 73.8 Å². The number of nitrogens with zero attached hydrogens (tertiary/aromatic N) is 16. The molecule has 4 fully saturated rings. The molecule has 12 aromatic rings. The predicted octanol–water partition coefficient (Wildman–Crippen LogP) is 15.6. The van der Waals surface area contributed by atoms with Crippen LogP contribution >= 0.6 is 0 Å². The fourth-order valence-electron chi connectivity index (χ4n) is 15.6. The summed E-state index contributed by atoms with van der Waals surface area (Å²) in [6.07, 6.45) is 24.9. The molecule has 4 aliphatic rings. The Kier molecular flexibility index (Phi) is 27.8. The first-order chi connectivity index (χ1) is 55.5. The van der Waals surface area contributed by atoms with Gasteiger partial charge in [0.05, 0.1) is 25.3 Å². The van der Waals surface area contributed by atoms with Crippen molar-refractivity contribution in [2.24, 2.45) is 22.9 Å². The van der Waals surface area contributed by atoms with E-state index < -0.39 is 0 Å². The molecule has 0 aliphatic heterocycles. The van der Waals surface area contributed by atoms with Gasteiger partial charge in [-0.15, -0.1) is 0 Å². The van der Waals surface area contributed by atoms with Gasteiger partial charge in [0.25, 0.3) is 0 Å². The van der Waals surface area contributed by atoms with E-state index in [2.05, 4.69) is 152 Å². The van der Waals surface area contributed by atoms with Gasteiger partial charge >= 0.3 is 0 Å². The van der Waals surface area contributed by atoms with Crippen molar-refractivity contribution in [2.45, 2.75) is 260 Å². The van der Waals surface area contributed by atoms with Gasteiger partial charge in [-0.05, 0) is 204 Å². The summed E-state index contributed by atoms with van der Waals surface area (Å²) in [5, 5.41) is 30.3. The highest BCUT2D eigenvalue weighted by Gasteiger charge is 2.29. The minimum absolute atomic E-state index is 0. The van der Waals surface area contributed by atoms with Crippen LogP contribution in [-0.2, 0) is 17.9 Å². The third-order valence-electron chi connectivity index (χ3n) is 21.7. The number of fused-ring (bicyclic) bond motifs is 4. The number of rotatable bonds is 21. The van der Waals surface area contributed by atoms with Crippen molar-refractivity contribution in [3.8, 4) is 0 Å². The van der Waals surface area contributed by atoms with Crippen molar-refractivity contribution in [3.05, 3.63) is 132 Å². The van der Waals surface area contributed by atoms with Gasteiger partial charge in [0, 0.05) is 115 Å². The molecule has 116 heavy (non-hydrogen) atoms. The summed E-state index contributed by atoms with van der Waals surface area (Å²) in [4.78, 5) is 67.8. The molecule has 4 aromatic carbocycles. The third kappa shape index (κ3) is 21.0. The van der Waals surface area contributed by atoms with E-state index in [1.165, 1.54) is 56.6 Å². The Morgan fingerprint density at radius 2 is 0.707 bits per heavy atom. The molecule has 0 bridgehead atoms. The normalized spacial score (nSPS) is 19.4. The summed E-state index contributed by atoms with van der Waals surface area (Å²) >= 11 is 0. The number of nitrogen functional groups attached to an aromatic ring is 1. The number of hydrogen-bond acceptors (Lipinski definition) is 26. The maximum absolute atomic E-state index is 11.5. The van der Waals surface area contributed by atoms with Gasteiger partial charge in [-0.25, -0.2) is 19.9 Å². The van der Waals surface area contributed by atoms with Crippen LogP contribution in [0.15, 0.2) is 110 Å². The zero-order valence-corrected chi connectivity index (χ0v) is 68.3. The van der Waals surface area contributed by atoms with Crippen LogP contribution in [0.2, 0.25) is 0 Å². The summed E-state index contributed by atoms with van der Waals surface area (Å²) in [6.45, 7) is 23.8. The van der Waals surface area contributed by atoms with Crippen molar-refractivity contribution in [1.82, 2.24) is 78.1 Å². The molecule has 0 radical (unpaired) electrons. The summed E-state index contributed by atoms with van der Waals surface area (Å²) in [5.41, 5.74) is 47.1. The quantitative estimate of drug-likeness (QED) is 0.0297. The molecule has 4 saturated carbocycles. The van der Waals surface area contributed by atoms with E-state index in [1.807, 2.05) is 107 Å². The lowest BCUT2D eigenvalue weighted by atomic mass is 9.91. The number of benzene rings is 4. The van der Waals surface area contributed by atoms with Crippen LogP contribution in [0.4, 0.5) is 81.2 Å². The van der Waals surface area contributed by atoms with Gasteiger partial charge in [0.1, 0.15) is 0 Å². The second kappa shape index (κ2) is 38.4. The van der Waals surface area contributed by atoms with Gasteiger partial charge in [0.15, 0.2) is 67.9 Å². The van der Waals surface area contributed by atoms with Crippen molar-refractivity contribution < 1.29 is 4.79 Å². The second-order valence-corrected chi connectivity index (χ2v) is 31.8. The van der Waals surface area contributed by atoms with E-state index in [0.29, 0.717) is 58.3 Å². The Morgan fingerprint density at radius 1 is 0.397 bits per heavy atom. The molecular formula is C85H120N30O. The fourth-order valence-corrected chi connectivity index (χ4v) is 15.6. The summed E-state index contributed by atoms with van der Waals surface area (Å²) < 4.78 is 8.15. The van der Waals surface area contributed by atoms with Crippen LogP contribution in [0.1, 0.15) is 193 Å². The van der Waals surface area contributed by atoms with E-state index in [9.17, 15) is 4.79 Å². The SMILES string of the molecule is C.CC(=O)Nc1cc(C)cc(Nc2nc(N[C@H]3CCCC[C@H]3N)nc3c2ncn3C(C)C)c1.CCn1cnc2c(Nc3cccc(C)c3)nc(N[C@H]3CCCC[C@@H]3N)nc21.CCn1cnc2c(Nc3cccc(C)c3)nc(N[C@H]3CCCC[C@H]3N)nc21.Cc1cc(N)cc(Nc2nc(N[C@H]3CCCC[C@H]3N)nc3c2ncn3C(C)C)c1. The molecule has 8 aromatic heterocycles. The average molecular weight is 1580 g/mol. The Labute approximate surface area is 680 Å². The number of hydrogen-bond donors (Lipinski definition) is 14. The van der Waals surface area contributed by atoms with Crippen molar-refractivity contribution in [2.75, 3.05) is 53.6 Å². The standard InChI is InChI=1S/C23H32N8O.C21H30N8.2C20H27N7.CH4/c1-13(2)31-12-25-20-21(27-17-10-14(3)9-16(11-17)26-15(4)32)29-23(30-22(20)31)28-19-8-6-5-7-18(19)24;1-12(2)29-11-24-18-19(25-15-9-13(3)8-14(22)10-15)27-21(28-20(18)29)26-17-7-5-4-6-16(17)23;2*1-3-27-12-22-17-18(23-14-8-6-7-13(2)11-14)25-20(26-19(17)27)24-16-10-5-4-9-15(16)21;/h9-13,18-19H,5-8,24H2,1-4H3,(H,26,32)(H2,27,28,29,30);8-12,16-17H,4-7,22-23H2,1-3H3,(H2,25,26,27,28);2*6-8,11-12,15-16H,3-5,9-10,21H2,1-2H3,(H2,23,24,25,26);1H4/t18-,19+;16-,17+;15-,16+;15-,16-;/m1110./s1. The summed E-state index contributed by atoms with van der Waals surface area (Å²) in [6, 6.07) is 29.8. The average Bonchev–Trinajstić information content (AvgIpc) is 1.72. The number of aromatic nitrogens is 16. The summed E-state index contributed by atoms with van der Waals surface area (Å²) in [5.74, 6) is 4.91. The summed E-state index contributed by atoms with van der Waals surface area (Å²) in [7, 11) is 0. The number of nitrogens with one attached hydrogen (secondary N) is 9. The lowest BCUT2D eigenvalue weighted by Gasteiger charge is -2.29. The van der Waals surface area contributed by atoms with Crippen LogP contribution in [0, 0.1) is 27.7 Å². The Morgan fingerprint density at radius 3 is 1.04 bits per heavy atom. The lowest BCUT2D eigenvalue weighted by molar-refractivity contribution is -0.114. The molecule has 0 spiro atoms. The molecule has 31 heteroatoms. The minimum Gasteiger partial charge on any atom is -0.399 e. The Bertz CT molecular complexity index is 5120. The molecule has 16 rings (SSSR count).